The highest BCUT2D eigenvalue weighted by Gasteiger charge is 2.09. The molecule has 0 fully saturated rings. The molecule has 1 rings (SSSR count). The average Bonchev–Trinajstić information content (AvgIpc) is 2.44. The Morgan fingerprint density at radius 3 is 2.29 bits per heavy atom. The molecule has 0 saturated heterocycles. The van der Waals surface area contributed by atoms with Crippen molar-refractivity contribution in [3.05, 3.63) is 0 Å². The largest absolute Gasteiger partial charge is 0.461 e. The molecule has 8 nitrogen and oxygen atoms in total. The molecule has 1 aromatic rings. The van der Waals surface area contributed by atoms with Gasteiger partial charge in [0.25, 0.3) is 0 Å². The Labute approximate surface area is 125 Å². The van der Waals surface area contributed by atoms with Crippen molar-refractivity contribution in [2.45, 2.75) is 39.7 Å². The van der Waals surface area contributed by atoms with E-state index in [-0.39, 0.29) is 18.0 Å². The molecule has 0 bridgehead atoms. The van der Waals surface area contributed by atoms with Crippen LogP contribution in [0, 0.1) is 0 Å². The molecule has 3 N–H and O–H groups in total. The number of aromatic nitrogens is 3. The van der Waals surface area contributed by atoms with Gasteiger partial charge < -0.3 is 20.7 Å². The van der Waals surface area contributed by atoms with Crippen LogP contribution in [0.1, 0.15) is 33.6 Å². The zero-order chi connectivity index (χ0) is 15.7. The van der Waals surface area contributed by atoms with E-state index in [9.17, 15) is 4.79 Å². The van der Waals surface area contributed by atoms with E-state index >= 15 is 0 Å². The van der Waals surface area contributed by atoms with Gasteiger partial charge in [-0.25, -0.2) is 0 Å². The van der Waals surface area contributed by atoms with Crippen molar-refractivity contribution in [1.29, 1.82) is 0 Å². The van der Waals surface area contributed by atoms with Gasteiger partial charge in [0.2, 0.25) is 17.8 Å². The first-order chi connectivity index (χ1) is 10.0. The van der Waals surface area contributed by atoms with Crippen molar-refractivity contribution < 1.29 is 9.53 Å². The van der Waals surface area contributed by atoms with Gasteiger partial charge in [-0.2, -0.15) is 15.0 Å². The standard InChI is InChI=1S/C13H24N6O2/c1-5-7-15-11-17-12(16-8-6-10(20)14-4)19-13(18-11)21-9(2)3/h9H,5-8H2,1-4H3,(H,14,20)(H2,15,16,17,18,19). The summed E-state index contributed by atoms with van der Waals surface area (Å²) in [4.78, 5) is 23.8. The number of amides is 1. The smallest absolute Gasteiger partial charge is 0.323 e. The summed E-state index contributed by atoms with van der Waals surface area (Å²) in [5.41, 5.74) is 0. The number of carbonyl (C=O) groups excluding carboxylic acids is 1. The normalized spacial score (nSPS) is 10.3. The van der Waals surface area contributed by atoms with Crippen LogP contribution in [0.4, 0.5) is 11.9 Å². The van der Waals surface area contributed by atoms with Gasteiger partial charge in [0, 0.05) is 26.6 Å². The summed E-state index contributed by atoms with van der Waals surface area (Å²) < 4.78 is 5.50. The third kappa shape index (κ3) is 6.73. The lowest BCUT2D eigenvalue weighted by atomic mass is 10.4. The van der Waals surface area contributed by atoms with E-state index in [1.54, 1.807) is 7.05 Å². The minimum atomic E-state index is -0.0421. The van der Waals surface area contributed by atoms with E-state index in [1.807, 2.05) is 13.8 Å². The second-order valence-electron chi connectivity index (χ2n) is 4.71. The van der Waals surface area contributed by atoms with Crippen molar-refractivity contribution in [2.75, 3.05) is 30.8 Å². The van der Waals surface area contributed by atoms with Crippen LogP contribution in [0.25, 0.3) is 0 Å². The van der Waals surface area contributed by atoms with Gasteiger partial charge in [0.05, 0.1) is 6.10 Å². The zero-order valence-corrected chi connectivity index (χ0v) is 13.1. The fourth-order valence-electron chi connectivity index (χ4n) is 1.43. The predicted molar refractivity (Wildman–Crippen MR) is 81.5 cm³/mol. The summed E-state index contributed by atoms with van der Waals surface area (Å²) in [6.45, 7) is 7.08. The van der Waals surface area contributed by atoms with Gasteiger partial charge >= 0.3 is 6.01 Å². The second kappa shape index (κ2) is 8.93. The molecule has 0 radical (unpaired) electrons. The zero-order valence-electron chi connectivity index (χ0n) is 13.1. The van der Waals surface area contributed by atoms with E-state index in [4.69, 9.17) is 4.74 Å². The third-order valence-electron chi connectivity index (χ3n) is 2.40. The monoisotopic (exact) mass is 296 g/mol. The molecule has 0 aliphatic heterocycles. The quantitative estimate of drug-likeness (QED) is 0.625. The van der Waals surface area contributed by atoms with E-state index < -0.39 is 0 Å². The van der Waals surface area contributed by atoms with Crippen molar-refractivity contribution in [3.63, 3.8) is 0 Å². The van der Waals surface area contributed by atoms with Crippen molar-refractivity contribution in [2.24, 2.45) is 0 Å². The predicted octanol–water partition coefficient (Wildman–Crippen LogP) is 1.03. The minimum absolute atomic E-state index is 0.0230. The van der Waals surface area contributed by atoms with Gasteiger partial charge in [-0.15, -0.1) is 0 Å². The SMILES string of the molecule is CCCNc1nc(NCCC(=O)NC)nc(OC(C)C)n1. The number of hydrogen-bond acceptors (Lipinski definition) is 7. The molecular weight excluding hydrogens is 272 g/mol. The summed E-state index contributed by atoms with van der Waals surface area (Å²) >= 11 is 0. The number of nitrogens with zero attached hydrogens (tertiary/aromatic N) is 3. The molecule has 0 aliphatic rings. The lowest BCUT2D eigenvalue weighted by Crippen LogP contribution is -2.21. The maximum absolute atomic E-state index is 11.2. The Morgan fingerprint density at radius 2 is 1.76 bits per heavy atom. The molecule has 118 valence electrons. The molecule has 0 aliphatic carbocycles. The molecule has 0 unspecified atom stereocenters. The van der Waals surface area contributed by atoms with E-state index in [1.165, 1.54) is 0 Å². The Balaban J connectivity index is 2.72. The van der Waals surface area contributed by atoms with Crippen molar-refractivity contribution >= 4 is 17.8 Å². The fraction of sp³-hybridized carbons (Fsp3) is 0.692. The first kappa shape index (κ1) is 16.9. The highest BCUT2D eigenvalue weighted by molar-refractivity contribution is 5.75. The molecule has 21 heavy (non-hydrogen) atoms. The van der Waals surface area contributed by atoms with Gasteiger partial charge in [-0.05, 0) is 20.3 Å². The Kier molecular flexibility index (Phi) is 7.20. The third-order valence-corrected chi connectivity index (χ3v) is 2.40. The molecule has 0 atom stereocenters. The number of anilines is 2. The summed E-state index contributed by atoms with van der Waals surface area (Å²) in [5, 5.41) is 8.65. The number of ether oxygens (including phenoxy) is 1. The molecular formula is C13H24N6O2. The number of hydrogen-bond donors (Lipinski definition) is 3. The first-order valence-corrected chi connectivity index (χ1v) is 7.16. The molecule has 0 saturated carbocycles. The molecule has 0 spiro atoms. The molecule has 8 heteroatoms. The molecule has 0 aromatic carbocycles. The van der Waals surface area contributed by atoms with E-state index in [0.29, 0.717) is 24.9 Å². The van der Waals surface area contributed by atoms with E-state index in [0.717, 1.165) is 13.0 Å². The van der Waals surface area contributed by atoms with Gasteiger partial charge in [0.15, 0.2) is 0 Å². The van der Waals surface area contributed by atoms with E-state index in [2.05, 4.69) is 37.8 Å². The first-order valence-electron chi connectivity index (χ1n) is 7.16. The van der Waals surface area contributed by atoms with Crippen LogP contribution in [0.3, 0.4) is 0 Å². The molecule has 1 amide bonds. The molecule has 1 aromatic heterocycles. The molecule has 1 heterocycles. The summed E-state index contributed by atoms with van der Waals surface area (Å²) in [6, 6.07) is 0.265. The van der Waals surface area contributed by atoms with Crippen molar-refractivity contribution in [1.82, 2.24) is 20.3 Å². The number of nitrogens with one attached hydrogen (secondary N) is 3. The lowest BCUT2D eigenvalue weighted by Gasteiger charge is -2.11. The van der Waals surface area contributed by atoms with Gasteiger partial charge in [-0.3, -0.25) is 4.79 Å². The Hall–Kier alpha value is -2.12. The van der Waals surface area contributed by atoms with Crippen LogP contribution >= 0.6 is 0 Å². The van der Waals surface area contributed by atoms with Gasteiger partial charge in [-0.1, -0.05) is 6.92 Å². The highest BCUT2D eigenvalue weighted by Crippen LogP contribution is 2.12. The minimum Gasteiger partial charge on any atom is -0.461 e. The number of rotatable bonds is 9. The van der Waals surface area contributed by atoms with Crippen molar-refractivity contribution in [3.8, 4) is 6.01 Å². The Bertz CT molecular complexity index is 452. The average molecular weight is 296 g/mol. The summed E-state index contributed by atoms with van der Waals surface area (Å²) in [7, 11) is 1.60. The summed E-state index contributed by atoms with van der Waals surface area (Å²) in [6.07, 6.45) is 1.29. The van der Waals surface area contributed by atoms with Crippen LogP contribution in [0.15, 0.2) is 0 Å². The van der Waals surface area contributed by atoms with Crippen LogP contribution in [-0.4, -0.2) is 47.1 Å². The fourth-order valence-corrected chi connectivity index (χ4v) is 1.43. The van der Waals surface area contributed by atoms with Crippen LogP contribution in [-0.2, 0) is 4.79 Å². The topological polar surface area (TPSA) is 101 Å². The van der Waals surface area contributed by atoms with Gasteiger partial charge in [0.1, 0.15) is 0 Å². The maximum atomic E-state index is 11.2. The van der Waals surface area contributed by atoms with Crippen LogP contribution in [0.2, 0.25) is 0 Å². The van der Waals surface area contributed by atoms with Crippen LogP contribution < -0.4 is 20.7 Å². The highest BCUT2D eigenvalue weighted by atomic mass is 16.5. The Morgan fingerprint density at radius 1 is 1.14 bits per heavy atom. The van der Waals surface area contributed by atoms with Crippen LogP contribution in [0.5, 0.6) is 6.01 Å². The lowest BCUT2D eigenvalue weighted by molar-refractivity contribution is -0.120. The maximum Gasteiger partial charge on any atom is 0.323 e. The summed E-state index contributed by atoms with van der Waals surface area (Å²) in [5.74, 6) is 0.813. The number of carbonyl (C=O) groups is 1. The second-order valence-corrected chi connectivity index (χ2v) is 4.71.